The average molecular weight is 236 g/mol. The molecule has 0 fully saturated rings. The van der Waals surface area contributed by atoms with Crippen molar-refractivity contribution in [3.63, 3.8) is 0 Å². The third-order valence-electron chi connectivity index (χ3n) is 2.71. The molecule has 1 rings (SSSR count). The maximum atomic E-state index is 11.9. The summed E-state index contributed by atoms with van der Waals surface area (Å²) in [6.45, 7) is 3.92. The van der Waals surface area contributed by atoms with Crippen molar-refractivity contribution in [2.75, 3.05) is 5.73 Å². The molecule has 94 valence electrons. The van der Waals surface area contributed by atoms with Crippen LogP contribution >= 0.6 is 0 Å². The van der Waals surface area contributed by atoms with Gasteiger partial charge in [0.25, 0.3) is 0 Å². The van der Waals surface area contributed by atoms with Crippen molar-refractivity contribution in [3.05, 3.63) is 29.8 Å². The SMILES string of the molecule is CCCC(N)(CC)OC(=O)c1ccc(N)cc1. The monoisotopic (exact) mass is 236 g/mol. The minimum absolute atomic E-state index is 0.400. The quantitative estimate of drug-likeness (QED) is 0.467. The maximum absolute atomic E-state index is 11.9. The molecular weight excluding hydrogens is 216 g/mol. The lowest BCUT2D eigenvalue weighted by Gasteiger charge is -2.27. The highest BCUT2D eigenvalue weighted by Gasteiger charge is 2.26. The lowest BCUT2D eigenvalue weighted by atomic mass is 10.1. The van der Waals surface area contributed by atoms with Crippen LogP contribution in [0.4, 0.5) is 5.69 Å². The molecule has 0 amide bonds. The van der Waals surface area contributed by atoms with Gasteiger partial charge in [0.15, 0.2) is 5.72 Å². The number of ether oxygens (including phenoxy) is 1. The second-order valence-electron chi connectivity index (χ2n) is 4.18. The van der Waals surface area contributed by atoms with Crippen molar-refractivity contribution in [3.8, 4) is 0 Å². The summed E-state index contributed by atoms with van der Waals surface area (Å²) in [6.07, 6.45) is 2.13. The summed E-state index contributed by atoms with van der Waals surface area (Å²) in [5, 5.41) is 0. The van der Waals surface area contributed by atoms with Crippen molar-refractivity contribution in [1.82, 2.24) is 0 Å². The Labute approximate surface area is 102 Å². The normalized spacial score (nSPS) is 14.1. The first kappa shape index (κ1) is 13.5. The maximum Gasteiger partial charge on any atom is 0.339 e. The van der Waals surface area contributed by atoms with Crippen LogP contribution in [0.3, 0.4) is 0 Å². The fourth-order valence-electron chi connectivity index (χ4n) is 1.59. The van der Waals surface area contributed by atoms with E-state index >= 15 is 0 Å². The molecule has 4 N–H and O–H groups in total. The first-order valence-corrected chi connectivity index (χ1v) is 5.88. The van der Waals surface area contributed by atoms with Crippen LogP contribution in [0.1, 0.15) is 43.5 Å². The van der Waals surface area contributed by atoms with E-state index in [2.05, 4.69) is 0 Å². The third kappa shape index (κ3) is 3.75. The number of carbonyl (C=O) groups is 1. The Morgan fingerprint density at radius 1 is 1.29 bits per heavy atom. The van der Waals surface area contributed by atoms with Gasteiger partial charge in [-0.3, -0.25) is 5.73 Å². The van der Waals surface area contributed by atoms with Crippen molar-refractivity contribution in [1.29, 1.82) is 0 Å². The molecule has 1 unspecified atom stereocenters. The molecule has 1 aromatic carbocycles. The Morgan fingerprint density at radius 3 is 2.35 bits per heavy atom. The van der Waals surface area contributed by atoms with Crippen LogP contribution in [0.2, 0.25) is 0 Å². The molecule has 0 aliphatic carbocycles. The molecule has 1 atom stereocenters. The number of carbonyl (C=O) groups excluding carboxylic acids is 1. The van der Waals surface area contributed by atoms with Gasteiger partial charge in [0.05, 0.1) is 5.56 Å². The zero-order valence-corrected chi connectivity index (χ0v) is 10.4. The molecule has 0 aliphatic heterocycles. The number of nitrogen functional groups attached to an aromatic ring is 1. The molecule has 0 saturated heterocycles. The molecule has 0 aliphatic rings. The van der Waals surface area contributed by atoms with E-state index < -0.39 is 11.7 Å². The lowest BCUT2D eigenvalue weighted by molar-refractivity contribution is -0.0222. The van der Waals surface area contributed by atoms with Crippen molar-refractivity contribution < 1.29 is 9.53 Å². The summed E-state index contributed by atoms with van der Waals surface area (Å²) < 4.78 is 5.35. The number of nitrogens with two attached hydrogens (primary N) is 2. The first-order valence-electron chi connectivity index (χ1n) is 5.88. The van der Waals surface area contributed by atoms with Gasteiger partial charge in [0, 0.05) is 12.1 Å². The molecular formula is C13H20N2O2. The van der Waals surface area contributed by atoms with Gasteiger partial charge < -0.3 is 10.5 Å². The summed E-state index contributed by atoms with van der Waals surface area (Å²) in [5.41, 5.74) is 11.8. The topological polar surface area (TPSA) is 78.3 Å². The largest absolute Gasteiger partial charge is 0.441 e. The highest BCUT2D eigenvalue weighted by molar-refractivity contribution is 5.90. The third-order valence-corrected chi connectivity index (χ3v) is 2.71. The summed E-state index contributed by atoms with van der Waals surface area (Å²) in [7, 11) is 0. The van der Waals surface area contributed by atoms with Crippen molar-refractivity contribution >= 4 is 11.7 Å². The number of hydrogen-bond donors (Lipinski definition) is 2. The second kappa shape index (κ2) is 5.68. The zero-order chi connectivity index (χ0) is 12.9. The molecule has 0 heterocycles. The molecule has 0 radical (unpaired) electrons. The van der Waals surface area contributed by atoms with E-state index in [-0.39, 0.29) is 0 Å². The number of benzene rings is 1. The van der Waals surface area contributed by atoms with Gasteiger partial charge in [0.1, 0.15) is 0 Å². The van der Waals surface area contributed by atoms with Gasteiger partial charge >= 0.3 is 5.97 Å². The van der Waals surface area contributed by atoms with Gasteiger partial charge in [0.2, 0.25) is 0 Å². The predicted octanol–water partition coefficient (Wildman–Crippen LogP) is 2.29. The van der Waals surface area contributed by atoms with Crippen LogP contribution in [0.5, 0.6) is 0 Å². The summed E-state index contributed by atoms with van der Waals surface area (Å²) >= 11 is 0. The Morgan fingerprint density at radius 2 is 1.88 bits per heavy atom. The van der Waals surface area contributed by atoms with Crippen molar-refractivity contribution in [2.24, 2.45) is 5.73 Å². The van der Waals surface area contributed by atoms with Crippen LogP contribution in [0.15, 0.2) is 24.3 Å². The highest BCUT2D eigenvalue weighted by Crippen LogP contribution is 2.18. The van der Waals surface area contributed by atoms with Crippen molar-refractivity contribution in [2.45, 2.75) is 38.8 Å². The highest BCUT2D eigenvalue weighted by atomic mass is 16.6. The lowest BCUT2D eigenvalue weighted by Crippen LogP contribution is -2.43. The van der Waals surface area contributed by atoms with E-state index in [9.17, 15) is 4.79 Å². The van der Waals surface area contributed by atoms with E-state index in [0.29, 0.717) is 24.1 Å². The van der Waals surface area contributed by atoms with Crippen LogP contribution in [-0.2, 0) is 4.74 Å². The van der Waals surface area contributed by atoms with E-state index in [1.54, 1.807) is 24.3 Å². The molecule has 4 nitrogen and oxygen atoms in total. The predicted molar refractivity (Wildman–Crippen MR) is 68.4 cm³/mol. The van der Waals surface area contributed by atoms with Crippen LogP contribution < -0.4 is 11.5 Å². The number of rotatable bonds is 5. The molecule has 0 bridgehead atoms. The van der Waals surface area contributed by atoms with E-state index in [0.717, 1.165) is 6.42 Å². The molecule has 0 saturated carbocycles. The van der Waals surface area contributed by atoms with Crippen LogP contribution in [0, 0.1) is 0 Å². The number of esters is 1. The molecule has 0 spiro atoms. The molecule has 17 heavy (non-hydrogen) atoms. The van der Waals surface area contributed by atoms with Crippen LogP contribution in [-0.4, -0.2) is 11.7 Å². The summed E-state index contributed by atoms with van der Waals surface area (Å²) in [6, 6.07) is 6.61. The smallest absolute Gasteiger partial charge is 0.339 e. The fourth-order valence-corrected chi connectivity index (χ4v) is 1.59. The fraction of sp³-hybridized carbons (Fsp3) is 0.462. The van der Waals surface area contributed by atoms with Gasteiger partial charge in [-0.2, -0.15) is 0 Å². The summed E-state index contributed by atoms with van der Waals surface area (Å²) in [5.74, 6) is -0.400. The zero-order valence-electron chi connectivity index (χ0n) is 10.4. The Kier molecular flexibility index (Phi) is 4.52. The van der Waals surface area contributed by atoms with E-state index in [1.807, 2.05) is 13.8 Å². The number of hydrogen-bond acceptors (Lipinski definition) is 4. The van der Waals surface area contributed by atoms with E-state index in [4.69, 9.17) is 16.2 Å². The standard InChI is InChI=1S/C13H20N2O2/c1-3-9-13(15,4-2)17-12(16)10-5-7-11(14)8-6-10/h5-8H,3-4,9,14-15H2,1-2H3. The van der Waals surface area contributed by atoms with Gasteiger partial charge in [-0.15, -0.1) is 0 Å². The Balaban J connectivity index is 2.74. The Bertz CT molecular complexity index is 376. The minimum atomic E-state index is -0.868. The van der Waals surface area contributed by atoms with E-state index in [1.165, 1.54) is 0 Å². The molecule has 1 aromatic rings. The summed E-state index contributed by atoms with van der Waals surface area (Å²) in [4.78, 5) is 11.9. The first-order chi connectivity index (χ1) is 8.00. The van der Waals surface area contributed by atoms with Gasteiger partial charge in [-0.25, -0.2) is 4.79 Å². The Hall–Kier alpha value is -1.55. The molecule has 4 heteroatoms. The van der Waals surface area contributed by atoms with Gasteiger partial charge in [-0.05, 0) is 30.7 Å². The average Bonchev–Trinajstić information content (AvgIpc) is 2.30. The van der Waals surface area contributed by atoms with Crippen LogP contribution in [0.25, 0.3) is 0 Å². The second-order valence-corrected chi connectivity index (χ2v) is 4.18. The number of anilines is 1. The molecule has 0 aromatic heterocycles. The minimum Gasteiger partial charge on any atom is -0.441 e. The van der Waals surface area contributed by atoms with Gasteiger partial charge in [-0.1, -0.05) is 20.3 Å².